The van der Waals surface area contributed by atoms with Gasteiger partial charge in [0.05, 0.1) is 29.7 Å². The molecule has 1 aliphatic heterocycles. The van der Waals surface area contributed by atoms with E-state index in [9.17, 15) is 10.1 Å². The van der Waals surface area contributed by atoms with E-state index in [4.69, 9.17) is 19.9 Å². The molecule has 132 valence electrons. The first kappa shape index (κ1) is 18.9. The third-order valence-electron chi connectivity index (χ3n) is 3.96. The van der Waals surface area contributed by atoms with Crippen LogP contribution in [-0.2, 0) is 14.3 Å². The summed E-state index contributed by atoms with van der Waals surface area (Å²) in [4.78, 5) is 12.6. The van der Waals surface area contributed by atoms with Crippen molar-refractivity contribution >= 4 is 21.9 Å². The molecule has 0 fully saturated rings. The third-order valence-corrected chi connectivity index (χ3v) is 4.58. The lowest BCUT2D eigenvalue weighted by Crippen LogP contribution is -2.26. The van der Waals surface area contributed by atoms with E-state index in [0.29, 0.717) is 21.5 Å². The largest absolute Gasteiger partial charge is 0.495 e. The maximum atomic E-state index is 12.6. The van der Waals surface area contributed by atoms with Gasteiger partial charge in [0, 0.05) is 5.56 Å². The van der Waals surface area contributed by atoms with Crippen molar-refractivity contribution in [1.82, 2.24) is 0 Å². The molecule has 1 heterocycles. The fourth-order valence-corrected chi connectivity index (χ4v) is 3.39. The number of halogens is 1. The Morgan fingerprint density at radius 3 is 2.68 bits per heavy atom. The lowest BCUT2D eigenvalue weighted by molar-refractivity contribution is -0.139. The van der Waals surface area contributed by atoms with E-state index in [-0.39, 0.29) is 23.6 Å². The minimum Gasteiger partial charge on any atom is -0.495 e. The van der Waals surface area contributed by atoms with Crippen LogP contribution in [0.25, 0.3) is 0 Å². The molecule has 0 aromatic heterocycles. The van der Waals surface area contributed by atoms with E-state index in [0.717, 1.165) is 5.56 Å². The average Bonchev–Trinajstić information content (AvgIpc) is 2.56. The van der Waals surface area contributed by atoms with Gasteiger partial charge in [-0.2, -0.15) is 5.26 Å². The lowest BCUT2D eigenvalue weighted by Gasteiger charge is -2.29. The summed E-state index contributed by atoms with van der Waals surface area (Å²) in [6, 6.07) is 5.78. The lowest BCUT2D eigenvalue weighted by atomic mass is 9.80. The molecule has 1 unspecified atom stereocenters. The van der Waals surface area contributed by atoms with Crippen molar-refractivity contribution in [3.63, 3.8) is 0 Å². The normalized spacial score (nSPS) is 17.0. The number of rotatable bonds is 4. The van der Waals surface area contributed by atoms with Gasteiger partial charge in [-0.15, -0.1) is 0 Å². The second-order valence-corrected chi connectivity index (χ2v) is 6.28. The van der Waals surface area contributed by atoms with Crippen molar-refractivity contribution in [2.24, 2.45) is 5.73 Å². The molecule has 25 heavy (non-hydrogen) atoms. The van der Waals surface area contributed by atoms with Gasteiger partial charge < -0.3 is 19.9 Å². The number of methoxy groups -OCH3 is 1. The zero-order valence-electron chi connectivity index (χ0n) is 14.5. The molecule has 1 aliphatic rings. The van der Waals surface area contributed by atoms with Gasteiger partial charge in [0.1, 0.15) is 23.2 Å². The minimum absolute atomic E-state index is 0.0283. The van der Waals surface area contributed by atoms with Crippen molar-refractivity contribution < 1.29 is 19.0 Å². The predicted octanol–water partition coefficient (Wildman–Crippen LogP) is 3.41. The van der Waals surface area contributed by atoms with Gasteiger partial charge in [-0.3, -0.25) is 0 Å². The van der Waals surface area contributed by atoms with Crippen LogP contribution in [0.2, 0.25) is 0 Å². The molecule has 1 aromatic rings. The van der Waals surface area contributed by atoms with E-state index in [1.165, 1.54) is 7.11 Å². The highest BCUT2D eigenvalue weighted by Crippen LogP contribution is 2.46. The molecule has 0 bridgehead atoms. The fraction of sp³-hybridized carbons (Fsp3) is 0.333. The van der Waals surface area contributed by atoms with Gasteiger partial charge >= 0.3 is 5.97 Å². The number of nitriles is 1. The Kier molecular flexibility index (Phi) is 5.75. The van der Waals surface area contributed by atoms with Gasteiger partial charge in [-0.25, -0.2) is 4.79 Å². The van der Waals surface area contributed by atoms with Crippen LogP contribution in [0.3, 0.4) is 0 Å². The van der Waals surface area contributed by atoms with Gasteiger partial charge in [0.15, 0.2) is 0 Å². The number of hydrogen-bond acceptors (Lipinski definition) is 6. The van der Waals surface area contributed by atoms with Gasteiger partial charge in [-0.1, -0.05) is 6.07 Å². The first-order valence-corrected chi connectivity index (χ1v) is 8.45. The maximum absolute atomic E-state index is 12.6. The molecule has 6 nitrogen and oxygen atoms in total. The molecule has 0 amide bonds. The van der Waals surface area contributed by atoms with Crippen LogP contribution >= 0.6 is 15.9 Å². The zero-order chi connectivity index (χ0) is 18.7. The molecule has 2 N–H and O–H groups in total. The topological polar surface area (TPSA) is 94.6 Å². The van der Waals surface area contributed by atoms with Crippen LogP contribution in [-0.4, -0.2) is 19.7 Å². The number of hydrogen-bond donors (Lipinski definition) is 1. The second-order valence-electron chi connectivity index (χ2n) is 5.43. The predicted molar refractivity (Wildman–Crippen MR) is 95.4 cm³/mol. The molecule has 1 aromatic carbocycles. The summed E-state index contributed by atoms with van der Waals surface area (Å²) in [6.07, 6.45) is 0. The maximum Gasteiger partial charge on any atom is 0.338 e. The molecule has 0 spiro atoms. The van der Waals surface area contributed by atoms with Crippen molar-refractivity contribution in [3.8, 4) is 11.8 Å². The molecule has 2 rings (SSSR count). The van der Waals surface area contributed by atoms with Crippen molar-refractivity contribution in [3.05, 3.63) is 50.5 Å². The smallest absolute Gasteiger partial charge is 0.338 e. The van der Waals surface area contributed by atoms with Crippen LogP contribution in [0.4, 0.5) is 0 Å². The Morgan fingerprint density at radius 2 is 2.12 bits per heavy atom. The van der Waals surface area contributed by atoms with Gasteiger partial charge in [0.2, 0.25) is 5.88 Å². The summed E-state index contributed by atoms with van der Waals surface area (Å²) in [7, 11) is 1.53. The van der Waals surface area contributed by atoms with Crippen LogP contribution in [0.5, 0.6) is 5.75 Å². The summed E-state index contributed by atoms with van der Waals surface area (Å²) < 4.78 is 16.8. The molecule has 0 aliphatic carbocycles. The van der Waals surface area contributed by atoms with E-state index < -0.39 is 11.9 Å². The summed E-state index contributed by atoms with van der Waals surface area (Å²) in [5.41, 5.74) is 7.83. The highest BCUT2D eigenvalue weighted by molar-refractivity contribution is 9.10. The van der Waals surface area contributed by atoms with Crippen LogP contribution in [0.1, 0.15) is 30.9 Å². The molecule has 7 heteroatoms. The number of carbonyl (C=O) groups excluding carboxylic acids is 1. The highest BCUT2D eigenvalue weighted by atomic mass is 79.9. The monoisotopic (exact) mass is 406 g/mol. The Hall–Kier alpha value is -2.46. The molecule has 0 saturated carbocycles. The number of carbonyl (C=O) groups is 1. The Bertz CT molecular complexity index is 821. The number of nitrogens with two attached hydrogens (primary N) is 1. The summed E-state index contributed by atoms with van der Waals surface area (Å²) in [6.45, 7) is 5.42. The second kappa shape index (κ2) is 7.62. The molecule has 0 saturated heterocycles. The summed E-state index contributed by atoms with van der Waals surface area (Å²) >= 11 is 3.45. The van der Waals surface area contributed by atoms with Crippen LogP contribution < -0.4 is 10.5 Å². The zero-order valence-corrected chi connectivity index (χ0v) is 16.1. The number of allylic oxidation sites excluding steroid dienone is 2. The first-order valence-electron chi connectivity index (χ1n) is 7.65. The van der Waals surface area contributed by atoms with Crippen molar-refractivity contribution in [1.29, 1.82) is 5.26 Å². The average molecular weight is 407 g/mol. The van der Waals surface area contributed by atoms with Crippen LogP contribution in [0, 0.1) is 18.3 Å². The SMILES string of the molecule is CCOC(=O)C1=C(C)OC(N)=C(C#N)C1c1c(C)ccc(Br)c1OC. The van der Waals surface area contributed by atoms with E-state index in [2.05, 4.69) is 22.0 Å². The molecule has 1 atom stereocenters. The Labute approximate surface area is 155 Å². The van der Waals surface area contributed by atoms with Gasteiger partial charge in [-0.05, 0) is 48.3 Å². The third kappa shape index (κ3) is 3.35. The molecular formula is C18H19BrN2O4. The number of nitrogens with zero attached hydrogens (tertiary/aromatic N) is 1. The molecule has 0 radical (unpaired) electrons. The number of aryl methyl sites for hydroxylation is 1. The van der Waals surface area contributed by atoms with Crippen molar-refractivity contribution in [2.75, 3.05) is 13.7 Å². The molecular weight excluding hydrogens is 388 g/mol. The number of benzene rings is 1. The van der Waals surface area contributed by atoms with Crippen molar-refractivity contribution in [2.45, 2.75) is 26.7 Å². The van der Waals surface area contributed by atoms with E-state index >= 15 is 0 Å². The number of ether oxygens (including phenoxy) is 3. The van der Waals surface area contributed by atoms with Gasteiger partial charge in [0.25, 0.3) is 0 Å². The highest BCUT2D eigenvalue weighted by Gasteiger charge is 2.39. The van der Waals surface area contributed by atoms with E-state index in [1.54, 1.807) is 13.8 Å². The summed E-state index contributed by atoms with van der Waals surface area (Å²) in [5.74, 6) is -0.472. The number of esters is 1. The standard InChI is InChI=1S/C18H19BrN2O4/c1-5-24-18(22)14-10(3)25-17(21)11(8-20)15(14)13-9(2)6-7-12(19)16(13)23-4/h6-7,15H,5,21H2,1-4H3. The Balaban J connectivity index is 2.81. The van der Waals surface area contributed by atoms with E-state index in [1.807, 2.05) is 19.1 Å². The Morgan fingerprint density at radius 1 is 1.44 bits per heavy atom. The first-order chi connectivity index (χ1) is 11.9. The fourth-order valence-electron chi connectivity index (χ4n) is 2.88. The quantitative estimate of drug-likeness (QED) is 0.769. The summed E-state index contributed by atoms with van der Waals surface area (Å²) in [5, 5.41) is 9.64. The minimum atomic E-state index is -0.731. The van der Waals surface area contributed by atoms with Crippen LogP contribution in [0.15, 0.2) is 39.4 Å².